The van der Waals surface area contributed by atoms with Crippen molar-refractivity contribution >= 4 is 52.5 Å². The van der Waals surface area contributed by atoms with Crippen LogP contribution in [0.25, 0.3) is 0 Å². The summed E-state index contributed by atoms with van der Waals surface area (Å²) in [5, 5.41) is 6.05. The molecule has 31 heavy (non-hydrogen) atoms. The van der Waals surface area contributed by atoms with Crippen molar-refractivity contribution in [2.75, 3.05) is 22.1 Å². The second kappa shape index (κ2) is 8.88. The van der Waals surface area contributed by atoms with Gasteiger partial charge in [-0.2, -0.15) is 4.98 Å². The van der Waals surface area contributed by atoms with Crippen LogP contribution in [0.1, 0.15) is 50.5 Å². The van der Waals surface area contributed by atoms with Crippen molar-refractivity contribution in [1.29, 1.82) is 0 Å². The van der Waals surface area contributed by atoms with Gasteiger partial charge >= 0.3 is 0 Å². The third kappa shape index (κ3) is 4.41. The van der Waals surface area contributed by atoms with E-state index in [4.69, 9.17) is 23.2 Å². The molecule has 8 nitrogen and oxygen atoms in total. The molecule has 0 aliphatic carbocycles. The van der Waals surface area contributed by atoms with Gasteiger partial charge in [-0.25, -0.2) is 0 Å². The van der Waals surface area contributed by atoms with Crippen molar-refractivity contribution in [1.82, 2.24) is 9.97 Å². The van der Waals surface area contributed by atoms with Crippen LogP contribution in [-0.2, 0) is 9.59 Å². The zero-order valence-electron chi connectivity index (χ0n) is 17.0. The molecule has 1 aromatic carbocycles. The fourth-order valence-corrected chi connectivity index (χ4v) is 4.69. The lowest BCUT2D eigenvalue weighted by atomic mass is 9.92. The van der Waals surface area contributed by atoms with Crippen LogP contribution < -0.4 is 21.1 Å². The maximum absolute atomic E-state index is 13.0. The average molecular weight is 464 g/mol. The summed E-state index contributed by atoms with van der Waals surface area (Å²) in [5.41, 5.74) is 0.0717. The van der Waals surface area contributed by atoms with Gasteiger partial charge in [-0.1, -0.05) is 30.1 Å². The number of carbonyl (C=O) groups is 2. The topological polar surface area (TPSA) is 107 Å². The van der Waals surface area contributed by atoms with E-state index in [0.29, 0.717) is 16.7 Å². The van der Waals surface area contributed by atoms with Crippen LogP contribution in [0.3, 0.4) is 0 Å². The number of nitrogens with one attached hydrogen (secondary N) is 3. The lowest BCUT2D eigenvalue weighted by Crippen LogP contribution is -2.43. The molecule has 164 valence electrons. The van der Waals surface area contributed by atoms with Crippen LogP contribution in [0.15, 0.2) is 23.0 Å². The highest BCUT2D eigenvalue weighted by molar-refractivity contribution is 6.36. The highest BCUT2D eigenvalue weighted by Crippen LogP contribution is 2.33. The summed E-state index contributed by atoms with van der Waals surface area (Å²) < 4.78 is 0. The number of aromatic amines is 1. The quantitative estimate of drug-likeness (QED) is 0.636. The van der Waals surface area contributed by atoms with Gasteiger partial charge in [-0.3, -0.25) is 19.4 Å². The van der Waals surface area contributed by atoms with E-state index in [9.17, 15) is 14.4 Å². The van der Waals surface area contributed by atoms with Crippen LogP contribution in [-0.4, -0.2) is 34.4 Å². The maximum atomic E-state index is 13.0. The Morgan fingerprint density at radius 1 is 1.29 bits per heavy atom. The number of aromatic nitrogens is 2. The monoisotopic (exact) mass is 463 g/mol. The minimum Gasteiger partial charge on any atom is -0.339 e. The average Bonchev–Trinajstić information content (AvgIpc) is 2.74. The number of anilines is 3. The number of hydrogen-bond donors (Lipinski definition) is 3. The molecule has 1 aromatic heterocycles. The number of benzene rings is 1. The number of carbonyl (C=O) groups excluding carboxylic acids is 2. The van der Waals surface area contributed by atoms with E-state index in [1.807, 2.05) is 0 Å². The summed E-state index contributed by atoms with van der Waals surface area (Å²) in [5.74, 6) is -1.30. The fourth-order valence-electron chi connectivity index (χ4n) is 4.23. The first-order valence-corrected chi connectivity index (χ1v) is 11.1. The fraction of sp³-hybridized carbons (Fsp3) is 0.429. The Morgan fingerprint density at radius 3 is 2.84 bits per heavy atom. The molecule has 10 heteroatoms. The number of fused-ring (bicyclic) bond motifs is 1. The predicted octanol–water partition coefficient (Wildman–Crippen LogP) is 3.91. The van der Waals surface area contributed by atoms with Gasteiger partial charge in [0.1, 0.15) is 5.82 Å². The second-order valence-corrected chi connectivity index (χ2v) is 8.67. The maximum Gasteiger partial charge on any atom is 0.258 e. The normalized spacial score (nSPS) is 20.7. The summed E-state index contributed by atoms with van der Waals surface area (Å²) >= 11 is 12.0. The molecular formula is C21H23Cl2N5O3. The van der Waals surface area contributed by atoms with Gasteiger partial charge in [0.05, 0.1) is 22.2 Å². The molecule has 0 bridgehead atoms. The number of nitrogens with zero attached hydrogens (tertiary/aromatic N) is 2. The minimum atomic E-state index is -0.982. The summed E-state index contributed by atoms with van der Waals surface area (Å²) in [7, 11) is 0. The number of piperidine rings is 1. The van der Waals surface area contributed by atoms with Gasteiger partial charge in [0.25, 0.3) is 5.56 Å². The van der Waals surface area contributed by atoms with Gasteiger partial charge < -0.3 is 15.5 Å². The Bertz CT molecular complexity index is 1090. The highest BCUT2D eigenvalue weighted by Gasteiger charge is 2.36. The highest BCUT2D eigenvalue weighted by atomic mass is 35.5. The molecule has 1 saturated heterocycles. The van der Waals surface area contributed by atoms with E-state index in [0.717, 1.165) is 32.2 Å². The van der Waals surface area contributed by atoms with E-state index in [1.54, 1.807) is 12.1 Å². The minimum absolute atomic E-state index is 0.137. The van der Waals surface area contributed by atoms with Crippen LogP contribution >= 0.6 is 23.2 Å². The van der Waals surface area contributed by atoms with Crippen molar-refractivity contribution in [3.05, 3.63) is 44.2 Å². The molecule has 2 aliphatic rings. The third-order valence-electron chi connectivity index (χ3n) is 5.81. The van der Waals surface area contributed by atoms with E-state index < -0.39 is 17.4 Å². The number of hydrogen-bond acceptors (Lipinski definition) is 5. The van der Waals surface area contributed by atoms with Crippen molar-refractivity contribution < 1.29 is 9.59 Å². The molecule has 4 rings (SSSR count). The molecule has 2 aromatic rings. The smallest absolute Gasteiger partial charge is 0.258 e. The molecule has 2 amide bonds. The number of H-pyrrole nitrogens is 1. The van der Waals surface area contributed by atoms with Gasteiger partial charge in [-0.15, -0.1) is 0 Å². The van der Waals surface area contributed by atoms with Crippen LogP contribution in [0, 0.1) is 0 Å². The van der Waals surface area contributed by atoms with Gasteiger partial charge in [-0.05, 0) is 43.9 Å². The van der Waals surface area contributed by atoms with Crippen molar-refractivity contribution in [3.8, 4) is 0 Å². The standard InChI is InChI=1S/C21H23Cl2N5O3/c1-2-12-5-3-4-8-28(12)21-26-18-17(20(31)27-21)13(10-16(29)25-18)19(30)24-15-7-6-11(22)9-14(15)23/h6-7,9,12-13H,2-5,8,10H2,1H3,(H,24,30)(H2,25,26,27,29,31)/t12-,13-/m1/s1. The molecule has 2 aliphatic heterocycles. The number of amides is 2. The molecule has 3 N–H and O–H groups in total. The van der Waals surface area contributed by atoms with Crippen molar-refractivity contribution in [3.63, 3.8) is 0 Å². The van der Waals surface area contributed by atoms with Crippen LogP contribution in [0.2, 0.25) is 10.0 Å². The zero-order chi connectivity index (χ0) is 22.1. The first kappa shape index (κ1) is 21.6. The van der Waals surface area contributed by atoms with Crippen molar-refractivity contribution in [2.24, 2.45) is 0 Å². The molecule has 2 atom stereocenters. The Hall–Kier alpha value is -2.58. The molecular weight excluding hydrogens is 441 g/mol. The van der Waals surface area contributed by atoms with Gasteiger partial charge in [0.15, 0.2) is 0 Å². The van der Waals surface area contributed by atoms with Crippen LogP contribution in [0.5, 0.6) is 0 Å². The van der Waals surface area contributed by atoms with E-state index in [2.05, 4.69) is 32.4 Å². The number of halogens is 2. The lowest BCUT2D eigenvalue weighted by molar-refractivity contribution is -0.123. The summed E-state index contributed by atoms with van der Waals surface area (Å²) in [6.07, 6.45) is 3.94. The Kier molecular flexibility index (Phi) is 6.20. The Balaban J connectivity index is 1.66. The SMILES string of the molecule is CC[C@@H]1CCCCN1c1nc2c(c(=O)[nH]1)[C@H](C(=O)Nc1ccc(Cl)cc1Cl)CC(=O)N2. The third-order valence-corrected chi connectivity index (χ3v) is 6.36. The lowest BCUT2D eigenvalue weighted by Gasteiger charge is -2.36. The molecule has 0 radical (unpaired) electrons. The zero-order valence-corrected chi connectivity index (χ0v) is 18.5. The summed E-state index contributed by atoms with van der Waals surface area (Å²) in [6.45, 7) is 2.89. The second-order valence-electron chi connectivity index (χ2n) is 7.82. The number of rotatable bonds is 4. The Labute approximate surface area is 189 Å². The van der Waals surface area contributed by atoms with Gasteiger partial charge in [0.2, 0.25) is 17.8 Å². The van der Waals surface area contributed by atoms with Gasteiger partial charge in [0, 0.05) is 24.0 Å². The molecule has 0 saturated carbocycles. The molecule has 0 spiro atoms. The summed E-state index contributed by atoms with van der Waals surface area (Å²) in [4.78, 5) is 47.8. The van der Waals surface area contributed by atoms with E-state index >= 15 is 0 Å². The van der Waals surface area contributed by atoms with E-state index in [1.165, 1.54) is 6.07 Å². The van der Waals surface area contributed by atoms with Crippen LogP contribution in [0.4, 0.5) is 17.5 Å². The largest absolute Gasteiger partial charge is 0.339 e. The first-order chi connectivity index (χ1) is 14.9. The summed E-state index contributed by atoms with van der Waals surface area (Å²) in [6, 6.07) is 4.94. The van der Waals surface area contributed by atoms with Crippen molar-refractivity contribution in [2.45, 2.75) is 51.0 Å². The predicted molar refractivity (Wildman–Crippen MR) is 121 cm³/mol. The molecule has 3 heterocycles. The first-order valence-electron chi connectivity index (χ1n) is 10.3. The van der Waals surface area contributed by atoms with E-state index in [-0.39, 0.29) is 34.8 Å². The Morgan fingerprint density at radius 2 is 2.10 bits per heavy atom. The molecule has 1 fully saturated rings. The molecule has 0 unspecified atom stereocenters.